The normalized spacial score (nSPS) is 22.5. The molecule has 0 fully saturated rings. The molecule has 3 N–H and O–H groups in total. The van der Waals surface area contributed by atoms with Gasteiger partial charge in [-0.15, -0.1) is 0 Å². The molecule has 3 unspecified atom stereocenters. The van der Waals surface area contributed by atoms with E-state index in [1.165, 1.54) is 20.8 Å². The van der Waals surface area contributed by atoms with Crippen LogP contribution in [0.4, 0.5) is 0 Å². The van der Waals surface area contributed by atoms with Crippen molar-refractivity contribution in [3.63, 3.8) is 0 Å². The highest BCUT2D eigenvalue weighted by atomic mass is 16.6. The van der Waals surface area contributed by atoms with Gasteiger partial charge in [0.1, 0.15) is 37.9 Å². The Labute approximate surface area is 84.8 Å². The fraction of sp³-hybridized carbons (Fsp3) is 1.00. The van der Waals surface area contributed by atoms with Crippen molar-refractivity contribution in [2.24, 2.45) is 0 Å². The van der Waals surface area contributed by atoms with Crippen molar-refractivity contribution >= 4 is 0 Å². The zero-order valence-corrected chi connectivity index (χ0v) is 9.05. The summed E-state index contributed by atoms with van der Waals surface area (Å²) in [6.45, 7) is 4.56. The quantitative estimate of drug-likeness (QED) is 0.403. The van der Waals surface area contributed by atoms with Crippen LogP contribution < -0.4 is 0 Å². The van der Waals surface area contributed by atoms with Crippen LogP contribution in [0.2, 0.25) is 0 Å². The third-order valence-corrected chi connectivity index (χ3v) is 1.79. The van der Waals surface area contributed by atoms with Crippen molar-refractivity contribution in [2.45, 2.75) is 39.1 Å². The third-order valence-electron chi connectivity index (χ3n) is 1.79. The first kappa shape index (κ1) is 13.8. The van der Waals surface area contributed by atoms with E-state index in [0.717, 1.165) is 0 Å². The molecule has 0 spiro atoms. The molecule has 0 aliphatic rings. The summed E-state index contributed by atoms with van der Waals surface area (Å²) in [7, 11) is 0. The molecule has 0 bridgehead atoms. The molecule has 0 aromatic carbocycles. The Kier molecular flexibility index (Phi) is 5.54. The van der Waals surface area contributed by atoms with Crippen LogP contribution in [0.15, 0.2) is 0 Å². The average molecular weight is 207 g/mol. The lowest BCUT2D eigenvalue weighted by atomic mass is 10.2. The fourth-order valence-corrected chi connectivity index (χ4v) is 1.67. The van der Waals surface area contributed by atoms with Gasteiger partial charge in [-0.3, -0.25) is 0 Å². The van der Waals surface area contributed by atoms with Crippen molar-refractivity contribution in [2.75, 3.05) is 19.6 Å². The van der Waals surface area contributed by atoms with E-state index in [1.807, 2.05) is 0 Å². The molecule has 0 aliphatic carbocycles. The second-order valence-corrected chi connectivity index (χ2v) is 4.15. The fourth-order valence-electron chi connectivity index (χ4n) is 1.67. The van der Waals surface area contributed by atoms with Gasteiger partial charge < -0.3 is 25.2 Å². The average Bonchev–Trinajstić information content (AvgIpc) is 1.76. The zero-order chi connectivity index (χ0) is 11.4. The second-order valence-electron chi connectivity index (χ2n) is 4.15. The molecule has 0 amide bonds. The van der Waals surface area contributed by atoms with Gasteiger partial charge in [-0.1, -0.05) is 0 Å². The summed E-state index contributed by atoms with van der Waals surface area (Å²) in [5.74, 6) is 0. The maximum Gasteiger partial charge on any atom is 0.105 e. The second kappa shape index (κ2) is 5.63. The van der Waals surface area contributed by atoms with E-state index in [9.17, 15) is 5.21 Å². The molecule has 0 aliphatic heterocycles. The number of aliphatic hydroxyl groups is 3. The van der Waals surface area contributed by atoms with E-state index in [0.29, 0.717) is 0 Å². The maximum absolute atomic E-state index is 12.0. The standard InChI is InChI=1S/C9H21NO4/c1-7(11)4-10(14,5-8(2)12)6-9(3)13/h7-9,11-13H,4-6H2,1-3H3. The minimum atomic E-state index is -0.757. The van der Waals surface area contributed by atoms with Crippen molar-refractivity contribution in [1.29, 1.82) is 0 Å². The van der Waals surface area contributed by atoms with Crippen molar-refractivity contribution in [1.82, 2.24) is 0 Å². The Morgan fingerprint density at radius 2 is 1.07 bits per heavy atom. The molecule has 5 nitrogen and oxygen atoms in total. The predicted octanol–water partition coefficient (Wildman–Crippen LogP) is -0.557. The molecule has 3 atom stereocenters. The number of hydrogen-bond acceptors (Lipinski definition) is 4. The van der Waals surface area contributed by atoms with Gasteiger partial charge in [0.05, 0.1) is 0 Å². The number of hydroxylamine groups is 3. The van der Waals surface area contributed by atoms with Crippen LogP contribution in [-0.2, 0) is 0 Å². The minimum absolute atomic E-state index is 0.00417. The Balaban J connectivity index is 4.32. The summed E-state index contributed by atoms with van der Waals surface area (Å²) in [5, 5.41) is 39.4. The van der Waals surface area contributed by atoms with Crippen molar-refractivity contribution in [3.05, 3.63) is 5.21 Å². The molecular weight excluding hydrogens is 186 g/mol. The highest BCUT2D eigenvalue weighted by molar-refractivity contribution is 4.56. The van der Waals surface area contributed by atoms with Crippen LogP contribution in [0.3, 0.4) is 0 Å². The Bertz CT molecular complexity index is 132. The predicted molar refractivity (Wildman–Crippen MR) is 53.3 cm³/mol. The van der Waals surface area contributed by atoms with E-state index < -0.39 is 23.0 Å². The third kappa shape index (κ3) is 6.28. The van der Waals surface area contributed by atoms with Gasteiger partial charge in [-0.2, -0.15) is 0 Å². The summed E-state index contributed by atoms with van der Waals surface area (Å²) >= 11 is 0. The Hall–Kier alpha value is -0.200. The summed E-state index contributed by atoms with van der Waals surface area (Å²) in [4.78, 5) is 0. The first-order valence-corrected chi connectivity index (χ1v) is 4.86. The molecular formula is C9H21NO4. The molecule has 86 valence electrons. The van der Waals surface area contributed by atoms with Gasteiger partial charge >= 0.3 is 0 Å². The van der Waals surface area contributed by atoms with Crippen LogP contribution in [0.25, 0.3) is 0 Å². The molecule has 0 saturated heterocycles. The van der Waals surface area contributed by atoms with Gasteiger partial charge in [0.25, 0.3) is 0 Å². The number of nitrogens with zero attached hydrogens (tertiary/aromatic N) is 1. The lowest BCUT2D eigenvalue weighted by molar-refractivity contribution is -0.889. The minimum Gasteiger partial charge on any atom is -0.633 e. The van der Waals surface area contributed by atoms with E-state index in [1.54, 1.807) is 0 Å². The topological polar surface area (TPSA) is 83.8 Å². The van der Waals surface area contributed by atoms with Crippen LogP contribution in [0, 0.1) is 5.21 Å². The van der Waals surface area contributed by atoms with Crippen LogP contribution >= 0.6 is 0 Å². The van der Waals surface area contributed by atoms with Gasteiger partial charge in [-0.05, 0) is 20.8 Å². The monoisotopic (exact) mass is 207 g/mol. The van der Waals surface area contributed by atoms with E-state index in [2.05, 4.69) is 0 Å². The lowest BCUT2D eigenvalue weighted by Crippen LogP contribution is -2.53. The molecule has 0 aromatic rings. The number of rotatable bonds is 6. The summed E-state index contributed by atoms with van der Waals surface area (Å²) < 4.78 is -0.757. The van der Waals surface area contributed by atoms with Crippen LogP contribution in [0.1, 0.15) is 20.8 Å². The summed E-state index contributed by atoms with van der Waals surface area (Å²) in [5.41, 5.74) is 0. The highest BCUT2D eigenvalue weighted by Gasteiger charge is 2.23. The van der Waals surface area contributed by atoms with Gasteiger partial charge in [0.2, 0.25) is 0 Å². The van der Waals surface area contributed by atoms with Crippen molar-refractivity contribution in [3.8, 4) is 0 Å². The highest BCUT2D eigenvalue weighted by Crippen LogP contribution is 2.09. The van der Waals surface area contributed by atoms with E-state index in [-0.39, 0.29) is 19.6 Å². The molecule has 0 saturated carbocycles. The van der Waals surface area contributed by atoms with Crippen molar-refractivity contribution < 1.29 is 20.0 Å². The molecule has 14 heavy (non-hydrogen) atoms. The van der Waals surface area contributed by atoms with Crippen LogP contribution in [-0.4, -0.2) is 57.9 Å². The number of hydrogen-bond donors (Lipinski definition) is 3. The van der Waals surface area contributed by atoms with Crippen LogP contribution in [0.5, 0.6) is 0 Å². The Morgan fingerprint density at radius 3 is 1.21 bits per heavy atom. The molecule has 0 heterocycles. The van der Waals surface area contributed by atoms with Gasteiger partial charge in [0.15, 0.2) is 0 Å². The largest absolute Gasteiger partial charge is 0.633 e. The SMILES string of the molecule is CC(O)C[N+]([O-])(CC(C)O)CC(C)O. The first-order chi connectivity index (χ1) is 6.25. The number of aliphatic hydroxyl groups excluding tert-OH is 3. The lowest BCUT2D eigenvalue weighted by Gasteiger charge is -2.45. The molecule has 0 aromatic heterocycles. The van der Waals surface area contributed by atoms with Gasteiger partial charge in [0, 0.05) is 0 Å². The number of quaternary nitrogens is 1. The Morgan fingerprint density at radius 1 is 0.857 bits per heavy atom. The molecule has 0 radical (unpaired) electrons. The first-order valence-electron chi connectivity index (χ1n) is 4.86. The smallest absolute Gasteiger partial charge is 0.105 e. The van der Waals surface area contributed by atoms with E-state index in [4.69, 9.17) is 15.3 Å². The maximum atomic E-state index is 12.0. The molecule has 0 rings (SSSR count). The summed E-state index contributed by atoms with van der Waals surface area (Å²) in [6, 6.07) is 0. The summed E-state index contributed by atoms with van der Waals surface area (Å²) in [6.07, 6.45) is -2.19. The van der Waals surface area contributed by atoms with Gasteiger partial charge in [-0.25, -0.2) is 0 Å². The zero-order valence-electron chi connectivity index (χ0n) is 9.05. The molecule has 5 heteroatoms. The van der Waals surface area contributed by atoms with E-state index >= 15 is 0 Å².